The van der Waals surface area contributed by atoms with Gasteiger partial charge in [0.2, 0.25) is 0 Å². The summed E-state index contributed by atoms with van der Waals surface area (Å²) in [5.41, 5.74) is 3.65. The van der Waals surface area contributed by atoms with Crippen molar-refractivity contribution in [2.75, 3.05) is 13.2 Å². The van der Waals surface area contributed by atoms with Crippen molar-refractivity contribution in [3.05, 3.63) is 57.6 Å². The van der Waals surface area contributed by atoms with E-state index < -0.39 is 11.8 Å². The number of ether oxygens (including phenoxy) is 2. The van der Waals surface area contributed by atoms with Crippen LogP contribution in [0.25, 0.3) is 0 Å². The summed E-state index contributed by atoms with van der Waals surface area (Å²) >= 11 is 12.1. The Hall–Kier alpha value is -2.77. The minimum atomic E-state index is -0.822. The molecule has 2 amide bonds. The lowest BCUT2D eigenvalue weighted by Gasteiger charge is -2.13. The number of benzene rings is 2. The highest BCUT2D eigenvalue weighted by Gasteiger charge is 2.11. The molecular formula is C22H25Cl2N3O4. The number of hydrogen-bond acceptors (Lipinski definition) is 5. The molecule has 7 nitrogen and oxygen atoms in total. The van der Waals surface area contributed by atoms with Gasteiger partial charge in [0.25, 0.3) is 0 Å². The van der Waals surface area contributed by atoms with Crippen molar-refractivity contribution < 1.29 is 19.1 Å². The summed E-state index contributed by atoms with van der Waals surface area (Å²) in [5, 5.41) is 7.42. The average molecular weight is 466 g/mol. The first-order valence-corrected chi connectivity index (χ1v) is 10.6. The van der Waals surface area contributed by atoms with E-state index in [9.17, 15) is 9.59 Å². The fraction of sp³-hybridized carbons (Fsp3) is 0.318. The van der Waals surface area contributed by atoms with Gasteiger partial charge < -0.3 is 14.8 Å². The monoisotopic (exact) mass is 465 g/mol. The number of hydrazone groups is 1. The third-order valence-electron chi connectivity index (χ3n) is 4.07. The summed E-state index contributed by atoms with van der Waals surface area (Å²) in [6.07, 6.45) is 3.15. The van der Waals surface area contributed by atoms with Crippen LogP contribution in [0.3, 0.4) is 0 Å². The predicted octanol–water partition coefficient (Wildman–Crippen LogP) is 4.34. The minimum Gasteiger partial charge on any atom is -0.490 e. The van der Waals surface area contributed by atoms with E-state index >= 15 is 0 Å². The fourth-order valence-corrected chi connectivity index (χ4v) is 2.92. The number of rotatable bonds is 10. The number of carbonyl (C=O) groups excluding carboxylic acids is 2. The van der Waals surface area contributed by atoms with Crippen LogP contribution in [0.15, 0.2) is 41.5 Å². The van der Waals surface area contributed by atoms with Gasteiger partial charge in [0.15, 0.2) is 11.5 Å². The molecule has 0 saturated carbocycles. The fourth-order valence-electron chi connectivity index (χ4n) is 2.46. The molecule has 0 unspecified atom stereocenters. The molecule has 2 rings (SSSR count). The number of amides is 2. The second kappa shape index (κ2) is 12.8. The molecular weight excluding hydrogens is 441 g/mol. The van der Waals surface area contributed by atoms with E-state index in [2.05, 4.69) is 15.8 Å². The van der Waals surface area contributed by atoms with Crippen LogP contribution in [0.1, 0.15) is 37.8 Å². The van der Waals surface area contributed by atoms with Gasteiger partial charge in [0.1, 0.15) is 6.61 Å². The van der Waals surface area contributed by atoms with Crippen LogP contribution in [0, 0.1) is 0 Å². The van der Waals surface area contributed by atoms with Crippen molar-refractivity contribution in [2.45, 2.75) is 33.3 Å². The summed E-state index contributed by atoms with van der Waals surface area (Å²) in [6, 6.07) is 10.4. The van der Waals surface area contributed by atoms with Crippen LogP contribution < -0.4 is 20.2 Å². The maximum atomic E-state index is 11.7. The summed E-state index contributed by atoms with van der Waals surface area (Å²) in [7, 11) is 0. The van der Waals surface area contributed by atoms with Crippen molar-refractivity contribution in [2.24, 2.45) is 5.10 Å². The number of carbonyl (C=O) groups is 2. The molecule has 0 spiro atoms. The Morgan fingerprint density at radius 2 is 1.84 bits per heavy atom. The third-order valence-corrected chi connectivity index (χ3v) is 4.65. The quantitative estimate of drug-likeness (QED) is 0.236. The van der Waals surface area contributed by atoms with Gasteiger partial charge in [-0.05, 0) is 49.2 Å². The van der Waals surface area contributed by atoms with Crippen LogP contribution in [0.5, 0.6) is 11.5 Å². The van der Waals surface area contributed by atoms with Crippen molar-refractivity contribution in [1.29, 1.82) is 0 Å². The molecule has 2 aromatic rings. The zero-order valence-corrected chi connectivity index (χ0v) is 18.9. The van der Waals surface area contributed by atoms with Crippen LogP contribution in [-0.2, 0) is 16.2 Å². The van der Waals surface area contributed by atoms with E-state index in [0.29, 0.717) is 40.3 Å². The second-order valence-corrected chi connectivity index (χ2v) is 7.32. The van der Waals surface area contributed by atoms with Crippen molar-refractivity contribution >= 4 is 41.2 Å². The minimum absolute atomic E-state index is 0.243. The topological polar surface area (TPSA) is 89.0 Å². The average Bonchev–Trinajstić information content (AvgIpc) is 2.74. The second-order valence-electron chi connectivity index (χ2n) is 6.47. The summed E-state index contributed by atoms with van der Waals surface area (Å²) in [4.78, 5) is 23.3. The van der Waals surface area contributed by atoms with Crippen molar-refractivity contribution in [1.82, 2.24) is 10.7 Å². The molecule has 166 valence electrons. The van der Waals surface area contributed by atoms with Crippen LogP contribution in [-0.4, -0.2) is 31.2 Å². The predicted molar refractivity (Wildman–Crippen MR) is 122 cm³/mol. The number of nitrogens with zero attached hydrogens (tertiary/aromatic N) is 1. The van der Waals surface area contributed by atoms with E-state index in [1.807, 2.05) is 13.8 Å². The van der Waals surface area contributed by atoms with E-state index in [4.69, 9.17) is 32.7 Å². The Morgan fingerprint density at radius 3 is 2.55 bits per heavy atom. The molecule has 2 N–H and O–H groups in total. The summed E-state index contributed by atoms with van der Waals surface area (Å²) < 4.78 is 11.5. The zero-order chi connectivity index (χ0) is 22.6. The molecule has 0 radical (unpaired) electrons. The molecule has 0 aliphatic heterocycles. The SMILES string of the molecule is CCCCNC(=O)C(=O)N/N=C\c1ccc(OCc2ccc(Cl)cc2Cl)c(OCC)c1. The lowest BCUT2D eigenvalue weighted by molar-refractivity contribution is -0.139. The molecule has 0 heterocycles. The first-order valence-electron chi connectivity index (χ1n) is 9.89. The van der Waals surface area contributed by atoms with Crippen molar-refractivity contribution in [3.8, 4) is 11.5 Å². The van der Waals surface area contributed by atoms with Crippen LogP contribution in [0.2, 0.25) is 10.0 Å². The molecule has 9 heteroatoms. The summed E-state index contributed by atoms with van der Waals surface area (Å²) in [6.45, 7) is 4.99. The van der Waals surface area contributed by atoms with E-state index in [0.717, 1.165) is 18.4 Å². The maximum absolute atomic E-state index is 11.7. The van der Waals surface area contributed by atoms with Gasteiger partial charge in [-0.2, -0.15) is 5.10 Å². The van der Waals surface area contributed by atoms with Gasteiger partial charge in [-0.3, -0.25) is 9.59 Å². The maximum Gasteiger partial charge on any atom is 0.329 e. The molecule has 0 atom stereocenters. The molecule has 0 bridgehead atoms. The highest BCUT2D eigenvalue weighted by atomic mass is 35.5. The Morgan fingerprint density at radius 1 is 1.03 bits per heavy atom. The van der Waals surface area contributed by atoms with Gasteiger partial charge in [-0.15, -0.1) is 0 Å². The number of unbranched alkanes of at least 4 members (excludes halogenated alkanes) is 1. The lowest BCUT2D eigenvalue weighted by Crippen LogP contribution is -2.38. The first-order chi connectivity index (χ1) is 14.9. The van der Waals surface area contributed by atoms with Gasteiger partial charge in [0, 0.05) is 22.2 Å². The standard InChI is InChI=1S/C22H25Cl2N3O4/c1-3-5-10-25-21(28)22(29)27-26-13-15-6-9-19(20(11-15)30-4-2)31-14-16-7-8-17(23)12-18(16)24/h6-9,11-13H,3-5,10,14H2,1-2H3,(H,25,28)(H,27,29)/b26-13-. The van der Waals surface area contributed by atoms with Gasteiger partial charge >= 0.3 is 11.8 Å². The van der Waals surface area contributed by atoms with Gasteiger partial charge in [0.05, 0.1) is 12.8 Å². The number of halogens is 2. The molecule has 0 saturated heterocycles. The Kier molecular flexibility index (Phi) is 10.1. The molecule has 0 fully saturated rings. The smallest absolute Gasteiger partial charge is 0.329 e. The normalized spacial score (nSPS) is 10.7. The molecule has 0 aliphatic carbocycles. The van der Waals surface area contributed by atoms with Gasteiger partial charge in [-0.1, -0.05) is 42.6 Å². The molecule has 0 aliphatic rings. The van der Waals surface area contributed by atoms with Crippen LogP contribution >= 0.6 is 23.2 Å². The largest absolute Gasteiger partial charge is 0.490 e. The number of hydrogen-bond donors (Lipinski definition) is 2. The molecule has 0 aromatic heterocycles. The van der Waals surface area contributed by atoms with Crippen molar-refractivity contribution in [3.63, 3.8) is 0 Å². The molecule has 31 heavy (non-hydrogen) atoms. The van der Waals surface area contributed by atoms with Crippen LogP contribution in [0.4, 0.5) is 0 Å². The Labute approximate surface area is 191 Å². The highest BCUT2D eigenvalue weighted by molar-refractivity contribution is 6.35. The van der Waals surface area contributed by atoms with E-state index in [1.165, 1.54) is 6.21 Å². The Bertz CT molecular complexity index is 935. The number of nitrogens with one attached hydrogen (secondary N) is 2. The lowest BCUT2D eigenvalue weighted by atomic mass is 10.2. The first kappa shape index (κ1) is 24.5. The highest BCUT2D eigenvalue weighted by Crippen LogP contribution is 2.30. The molecule has 2 aromatic carbocycles. The van der Waals surface area contributed by atoms with Gasteiger partial charge in [-0.25, -0.2) is 5.43 Å². The van der Waals surface area contributed by atoms with E-state index in [1.54, 1.807) is 36.4 Å². The Balaban J connectivity index is 1.99. The van der Waals surface area contributed by atoms with E-state index in [-0.39, 0.29) is 6.61 Å². The third kappa shape index (κ3) is 8.11. The summed E-state index contributed by atoms with van der Waals surface area (Å²) in [5.74, 6) is -0.494. The zero-order valence-electron chi connectivity index (χ0n) is 17.4.